The highest BCUT2D eigenvalue weighted by Gasteiger charge is 2.13. The molecule has 0 saturated carbocycles. The van der Waals surface area contributed by atoms with Crippen molar-refractivity contribution < 1.29 is 8.42 Å². The normalized spacial score (nSPS) is 11.6. The lowest BCUT2D eigenvalue weighted by Crippen LogP contribution is -1.97. The van der Waals surface area contributed by atoms with Gasteiger partial charge in [0.05, 0.1) is 12.4 Å². The van der Waals surface area contributed by atoms with Crippen LogP contribution in [-0.4, -0.2) is 23.2 Å². The average Bonchev–Trinajstić information content (AvgIpc) is 2.67. The van der Waals surface area contributed by atoms with Crippen molar-refractivity contribution in [3.63, 3.8) is 0 Å². The van der Waals surface area contributed by atoms with Crippen LogP contribution in [0.25, 0.3) is 5.82 Å². The summed E-state index contributed by atoms with van der Waals surface area (Å²) in [6, 6.07) is 3.47. The van der Waals surface area contributed by atoms with Crippen molar-refractivity contribution in [2.75, 3.05) is 0 Å². The molecule has 0 fully saturated rings. The number of halogens is 2. The summed E-state index contributed by atoms with van der Waals surface area (Å²) >= 11 is 3.25. The third kappa shape index (κ3) is 2.42. The lowest BCUT2D eigenvalue weighted by molar-refractivity contribution is 0.609. The first-order chi connectivity index (χ1) is 7.47. The van der Waals surface area contributed by atoms with E-state index in [9.17, 15) is 8.42 Å². The van der Waals surface area contributed by atoms with E-state index in [4.69, 9.17) is 10.7 Å². The summed E-state index contributed by atoms with van der Waals surface area (Å²) < 4.78 is 24.2. The molecule has 0 spiro atoms. The van der Waals surface area contributed by atoms with Crippen LogP contribution in [0, 0.1) is 0 Å². The third-order valence-corrected chi connectivity index (χ3v) is 3.56. The second-order valence-corrected chi connectivity index (χ2v) is 6.37. The Morgan fingerprint density at radius 1 is 1.31 bits per heavy atom. The molecule has 8 heteroatoms. The molecule has 0 aliphatic carbocycles. The minimum Gasteiger partial charge on any atom is -0.236 e. The number of hydrogen-bond donors (Lipinski definition) is 0. The number of rotatable bonds is 2. The minimum absolute atomic E-state index is 0.0566. The molecule has 0 radical (unpaired) electrons. The van der Waals surface area contributed by atoms with Crippen LogP contribution in [0.2, 0.25) is 0 Å². The Morgan fingerprint density at radius 2 is 2.06 bits per heavy atom. The highest BCUT2D eigenvalue weighted by atomic mass is 79.9. The van der Waals surface area contributed by atoms with Gasteiger partial charge in [-0.05, 0) is 28.1 Å². The number of nitrogens with zero attached hydrogens (tertiary/aromatic N) is 3. The van der Waals surface area contributed by atoms with Gasteiger partial charge in [0.25, 0.3) is 9.05 Å². The molecule has 2 aromatic heterocycles. The van der Waals surface area contributed by atoms with E-state index in [0.717, 1.165) is 4.47 Å². The molecule has 2 aromatic rings. The molecule has 0 saturated heterocycles. The van der Waals surface area contributed by atoms with Crippen molar-refractivity contribution in [1.82, 2.24) is 14.8 Å². The van der Waals surface area contributed by atoms with E-state index in [1.54, 1.807) is 18.3 Å². The van der Waals surface area contributed by atoms with E-state index in [0.29, 0.717) is 5.82 Å². The average molecular weight is 323 g/mol. The van der Waals surface area contributed by atoms with Gasteiger partial charge in [0.2, 0.25) is 0 Å². The van der Waals surface area contributed by atoms with Crippen LogP contribution >= 0.6 is 26.6 Å². The quantitative estimate of drug-likeness (QED) is 0.793. The number of pyridine rings is 1. The van der Waals surface area contributed by atoms with Crippen LogP contribution in [0.15, 0.2) is 40.1 Å². The molecule has 0 amide bonds. The Balaban J connectivity index is 2.43. The Hall–Kier alpha value is -0.920. The van der Waals surface area contributed by atoms with Gasteiger partial charge in [-0.1, -0.05) is 0 Å². The molecular weight excluding hydrogens is 318 g/mol. The lowest BCUT2D eigenvalue weighted by atomic mass is 10.5. The highest BCUT2D eigenvalue weighted by Crippen LogP contribution is 2.16. The van der Waals surface area contributed by atoms with Gasteiger partial charge >= 0.3 is 0 Å². The molecule has 5 nitrogen and oxygen atoms in total. The largest absolute Gasteiger partial charge is 0.264 e. The van der Waals surface area contributed by atoms with Crippen molar-refractivity contribution in [3.05, 3.63) is 35.2 Å². The Bertz CT molecular complexity index is 608. The first-order valence-electron chi connectivity index (χ1n) is 4.08. The van der Waals surface area contributed by atoms with Crippen LogP contribution < -0.4 is 0 Å². The summed E-state index contributed by atoms with van der Waals surface area (Å²) in [5.74, 6) is 0.509. The highest BCUT2D eigenvalue weighted by molar-refractivity contribution is 9.10. The van der Waals surface area contributed by atoms with Gasteiger partial charge < -0.3 is 0 Å². The van der Waals surface area contributed by atoms with E-state index < -0.39 is 9.05 Å². The molecule has 0 bridgehead atoms. The van der Waals surface area contributed by atoms with Gasteiger partial charge in [0.15, 0.2) is 5.82 Å². The van der Waals surface area contributed by atoms with Crippen molar-refractivity contribution in [1.29, 1.82) is 0 Å². The van der Waals surface area contributed by atoms with Crippen LogP contribution in [0.1, 0.15) is 0 Å². The first kappa shape index (κ1) is 11.6. The van der Waals surface area contributed by atoms with Gasteiger partial charge in [-0.2, -0.15) is 5.10 Å². The monoisotopic (exact) mass is 321 g/mol. The zero-order chi connectivity index (χ0) is 11.8. The van der Waals surface area contributed by atoms with E-state index >= 15 is 0 Å². The van der Waals surface area contributed by atoms with Crippen molar-refractivity contribution >= 4 is 35.7 Å². The fourth-order valence-corrected chi connectivity index (χ4v) is 1.93. The second-order valence-electron chi connectivity index (χ2n) is 2.89. The SMILES string of the molecule is O=S(=O)(Cl)c1cnn(-c2ccc(Br)cn2)c1. The molecule has 0 aliphatic heterocycles. The third-order valence-electron chi connectivity index (χ3n) is 1.79. The summed E-state index contributed by atoms with van der Waals surface area (Å²) in [5, 5.41) is 3.86. The standard InChI is InChI=1S/C8H5BrClN3O2S/c9-6-1-2-8(11-3-6)13-5-7(4-12-13)16(10,14)15/h1-5H. The Morgan fingerprint density at radius 3 is 2.56 bits per heavy atom. The molecule has 0 N–H and O–H groups in total. The predicted octanol–water partition coefficient (Wildman–Crippen LogP) is 1.96. The molecule has 2 rings (SSSR count). The molecular formula is C8H5BrClN3O2S. The zero-order valence-corrected chi connectivity index (χ0v) is 10.9. The predicted molar refractivity (Wildman–Crippen MR) is 62.1 cm³/mol. The summed E-state index contributed by atoms with van der Waals surface area (Å²) in [4.78, 5) is 4.00. The molecule has 0 aromatic carbocycles. The maximum absolute atomic E-state index is 11.0. The second kappa shape index (κ2) is 4.15. The van der Waals surface area contributed by atoms with Crippen LogP contribution in [0.4, 0.5) is 0 Å². The summed E-state index contributed by atoms with van der Waals surface area (Å²) in [6.45, 7) is 0. The van der Waals surface area contributed by atoms with Gasteiger partial charge in [-0.15, -0.1) is 0 Å². The maximum Gasteiger partial charge on any atom is 0.264 e. The zero-order valence-electron chi connectivity index (χ0n) is 7.71. The van der Waals surface area contributed by atoms with Gasteiger partial charge in [0, 0.05) is 21.4 Å². The molecule has 2 heterocycles. The molecule has 16 heavy (non-hydrogen) atoms. The molecule has 84 valence electrons. The van der Waals surface area contributed by atoms with Crippen molar-refractivity contribution in [3.8, 4) is 5.82 Å². The van der Waals surface area contributed by atoms with E-state index in [-0.39, 0.29) is 4.90 Å². The fourth-order valence-electron chi connectivity index (χ4n) is 1.06. The topological polar surface area (TPSA) is 64.8 Å². The van der Waals surface area contributed by atoms with Gasteiger partial charge in [-0.25, -0.2) is 18.1 Å². The number of hydrogen-bond acceptors (Lipinski definition) is 4. The summed E-state index contributed by atoms with van der Waals surface area (Å²) in [5.41, 5.74) is 0. The van der Waals surface area contributed by atoms with E-state index in [2.05, 4.69) is 26.0 Å². The van der Waals surface area contributed by atoms with Crippen LogP contribution in [0.3, 0.4) is 0 Å². The van der Waals surface area contributed by atoms with Gasteiger partial charge in [-0.3, -0.25) is 0 Å². The fraction of sp³-hybridized carbons (Fsp3) is 0. The molecule has 0 unspecified atom stereocenters. The summed E-state index contributed by atoms with van der Waals surface area (Å²) in [6.07, 6.45) is 4.07. The smallest absolute Gasteiger partial charge is 0.236 e. The van der Waals surface area contributed by atoms with Crippen LogP contribution in [-0.2, 0) is 9.05 Å². The maximum atomic E-state index is 11.0. The minimum atomic E-state index is -3.75. The first-order valence-corrected chi connectivity index (χ1v) is 7.18. The van der Waals surface area contributed by atoms with E-state index in [1.807, 2.05) is 0 Å². The van der Waals surface area contributed by atoms with Gasteiger partial charge in [0.1, 0.15) is 4.90 Å². The lowest BCUT2D eigenvalue weighted by Gasteiger charge is -1.98. The van der Waals surface area contributed by atoms with E-state index in [1.165, 1.54) is 17.1 Å². The Kier molecular flexibility index (Phi) is 3.00. The van der Waals surface area contributed by atoms with Crippen molar-refractivity contribution in [2.45, 2.75) is 4.90 Å². The number of aromatic nitrogens is 3. The summed E-state index contributed by atoms with van der Waals surface area (Å²) in [7, 11) is 1.43. The van der Waals surface area contributed by atoms with Crippen LogP contribution in [0.5, 0.6) is 0 Å². The molecule has 0 aliphatic rings. The Labute approximate surface area is 105 Å². The van der Waals surface area contributed by atoms with Crippen molar-refractivity contribution in [2.24, 2.45) is 0 Å². The molecule has 0 atom stereocenters.